The van der Waals surface area contributed by atoms with Crippen molar-refractivity contribution in [3.05, 3.63) is 59.7 Å². The number of hydrogen-bond acceptors (Lipinski definition) is 4. The summed E-state index contributed by atoms with van der Waals surface area (Å²) in [7, 11) is -6.71. The minimum atomic E-state index is -1.68. The van der Waals surface area contributed by atoms with E-state index in [9.17, 15) is 0 Å². The van der Waals surface area contributed by atoms with Gasteiger partial charge in [-0.25, -0.2) is 0 Å². The number of hydrogen-bond donors (Lipinski definition) is 0. The van der Waals surface area contributed by atoms with Crippen molar-refractivity contribution in [1.29, 1.82) is 0 Å². The molecule has 0 bridgehead atoms. The molecule has 4 nitrogen and oxygen atoms in total. The second kappa shape index (κ2) is 13.5. The highest BCUT2D eigenvalue weighted by Gasteiger charge is 2.28. The lowest BCUT2D eigenvalue weighted by molar-refractivity contribution is 0.134. The molecular weight excluding hydrogens is 537 g/mol. The third-order valence-electron chi connectivity index (χ3n) is 5.77. The first-order chi connectivity index (χ1) is 17.3. The summed E-state index contributed by atoms with van der Waals surface area (Å²) in [5.74, 6) is 2.64. The summed E-state index contributed by atoms with van der Waals surface area (Å²) in [5.41, 5.74) is 2.61. The summed E-state index contributed by atoms with van der Waals surface area (Å²) < 4.78 is 25.8. The van der Waals surface area contributed by atoms with Gasteiger partial charge in [0.25, 0.3) is 0 Å². The number of rotatable bonds is 15. The van der Waals surface area contributed by atoms with Crippen LogP contribution in [0.25, 0.3) is 0 Å². The third kappa shape index (κ3) is 14.3. The highest BCUT2D eigenvalue weighted by Crippen LogP contribution is 2.29. The van der Waals surface area contributed by atoms with E-state index in [1.807, 2.05) is 0 Å². The predicted octanol–water partition coefficient (Wildman–Crippen LogP) is 8.83. The normalized spacial score (nSPS) is 14.7. The molecule has 2 rings (SSSR count). The van der Waals surface area contributed by atoms with Gasteiger partial charge in [-0.15, -0.1) is 0 Å². The zero-order valence-electron chi connectivity index (χ0n) is 26.2. The highest BCUT2D eigenvalue weighted by atomic mass is 28.4. The molecule has 0 amide bonds. The summed E-state index contributed by atoms with van der Waals surface area (Å²) >= 11 is 0. The molecule has 0 saturated heterocycles. The Kier molecular flexibility index (Phi) is 11.7. The van der Waals surface area contributed by atoms with E-state index >= 15 is 0 Å². The van der Waals surface area contributed by atoms with Crippen LogP contribution < -0.4 is 8.85 Å². The van der Waals surface area contributed by atoms with Gasteiger partial charge in [0.05, 0.1) is 0 Å². The molecule has 0 radical (unpaired) electrons. The van der Waals surface area contributed by atoms with Crippen molar-refractivity contribution < 1.29 is 17.7 Å². The van der Waals surface area contributed by atoms with Crippen LogP contribution in [0.5, 0.6) is 11.5 Å². The quantitative estimate of drug-likeness (QED) is 0.194. The fourth-order valence-corrected chi connectivity index (χ4v) is 7.32. The SMILES string of the molecule is C[Si](C)(C)OCC(Cc1cccc(O[Si](C)(C)C)c1)C(CO[Si](C)(C)C)Cc1cccc(O[Si](C)(C)C)c1. The van der Waals surface area contributed by atoms with E-state index < -0.39 is 33.3 Å². The van der Waals surface area contributed by atoms with Gasteiger partial charge in [0.2, 0.25) is 16.6 Å². The molecule has 2 aromatic carbocycles. The molecule has 0 heterocycles. The summed E-state index contributed by atoms with van der Waals surface area (Å²) in [4.78, 5) is 0. The Balaban J connectivity index is 2.38. The van der Waals surface area contributed by atoms with Crippen LogP contribution >= 0.6 is 0 Å². The minimum Gasteiger partial charge on any atom is -0.544 e. The number of benzene rings is 2. The topological polar surface area (TPSA) is 36.9 Å². The van der Waals surface area contributed by atoms with Crippen LogP contribution in [0.2, 0.25) is 78.6 Å². The highest BCUT2D eigenvalue weighted by molar-refractivity contribution is 6.71. The van der Waals surface area contributed by atoms with Crippen LogP contribution in [0, 0.1) is 11.8 Å². The second-order valence-corrected chi connectivity index (χ2v) is 32.4. The van der Waals surface area contributed by atoms with E-state index in [4.69, 9.17) is 17.7 Å². The molecule has 2 unspecified atom stereocenters. The van der Waals surface area contributed by atoms with Crippen molar-refractivity contribution in [3.8, 4) is 11.5 Å². The first-order valence-electron chi connectivity index (χ1n) is 14.1. The Morgan fingerprint density at radius 2 is 0.842 bits per heavy atom. The summed E-state index contributed by atoms with van der Waals surface area (Å²) in [5, 5.41) is 0. The van der Waals surface area contributed by atoms with E-state index in [-0.39, 0.29) is 0 Å². The Morgan fingerprint density at radius 1 is 0.500 bits per heavy atom. The Hall–Kier alpha value is -1.17. The van der Waals surface area contributed by atoms with Crippen LogP contribution in [0.15, 0.2) is 48.5 Å². The van der Waals surface area contributed by atoms with E-state index in [0.717, 1.165) is 37.6 Å². The van der Waals surface area contributed by atoms with Gasteiger partial charge in [-0.3, -0.25) is 0 Å². The van der Waals surface area contributed by atoms with Crippen molar-refractivity contribution in [3.63, 3.8) is 0 Å². The molecule has 0 aliphatic heterocycles. The van der Waals surface area contributed by atoms with Gasteiger partial charge in [0, 0.05) is 13.2 Å². The molecule has 0 N–H and O–H groups in total. The van der Waals surface area contributed by atoms with E-state index in [2.05, 4.69) is 127 Å². The lowest BCUT2D eigenvalue weighted by atomic mass is 9.83. The first kappa shape index (κ1) is 33.0. The van der Waals surface area contributed by atoms with Crippen molar-refractivity contribution in [2.24, 2.45) is 11.8 Å². The average molecular weight is 591 g/mol. The maximum absolute atomic E-state index is 6.57. The monoisotopic (exact) mass is 590 g/mol. The molecule has 0 spiro atoms. The molecule has 8 heteroatoms. The van der Waals surface area contributed by atoms with Crippen LogP contribution in [-0.2, 0) is 21.7 Å². The zero-order chi connectivity index (χ0) is 28.8. The Morgan fingerprint density at radius 3 is 1.13 bits per heavy atom. The smallest absolute Gasteiger partial charge is 0.242 e. The maximum atomic E-state index is 6.57. The average Bonchev–Trinajstić information content (AvgIpc) is 2.71. The van der Waals surface area contributed by atoms with Crippen molar-refractivity contribution in [2.75, 3.05) is 13.2 Å². The summed E-state index contributed by atoms with van der Waals surface area (Å²) in [6, 6.07) is 17.4. The molecule has 0 aliphatic rings. The fourth-order valence-electron chi connectivity index (χ4n) is 4.22. The van der Waals surface area contributed by atoms with Crippen LogP contribution in [0.4, 0.5) is 0 Å². The second-order valence-electron chi connectivity index (χ2n) is 14.5. The lowest BCUT2D eigenvalue weighted by Crippen LogP contribution is -2.37. The van der Waals surface area contributed by atoms with Gasteiger partial charge in [0.1, 0.15) is 11.5 Å². The van der Waals surface area contributed by atoms with Gasteiger partial charge in [-0.05, 0) is 139 Å². The van der Waals surface area contributed by atoms with Crippen molar-refractivity contribution >= 4 is 33.3 Å². The third-order valence-corrected chi connectivity index (χ3v) is 9.53. The molecule has 0 fully saturated rings. The van der Waals surface area contributed by atoms with Crippen LogP contribution in [0.1, 0.15) is 11.1 Å². The fraction of sp³-hybridized carbons (Fsp3) is 0.600. The molecule has 2 aromatic rings. The van der Waals surface area contributed by atoms with Crippen LogP contribution in [-0.4, -0.2) is 46.5 Å². The first-order valence-corrected chi connectivity index (χ1v) is 27.8. The molecule has 0 aliphatic carbocycles. The lowest BCUT2D eigenvalue weighted by Gasteiger charge is -2.32. The molecule has 214 valence electrons. The van der Waals surface area contributed by atoms with Crippen LogP contribution in [0.3, 0.4) is 0 Å². The van der Waals surface area contributed by atoms with Crippen molar-refractivity contribution in [1.82, 2.24) is 0 Å². The van der Waals surface area contributed by atoms with Gasteiger partial charge in [-0.2, -0.15) is 0 Å². The Bertz CT molecular complexity index is 919. The van der Waals surface area contributed by atoms with E-state index in [1.54, 1.807) is 0 Å². The van der Waals surface area contributed by atoms with Gasteiger partial charge in [-0.1, -0.05) is 24.3 Å². The maximum Gasteiger partial charge on any atom is 0.242 e. The molecule has 0 saturated carbocycles. The Labute approximate surface area is 238 Å². The minimum absolute atomic E-state index is 0.335. The van der Waals surface area contributed by atoms with E-state index in [0.29, 0.717) is 11.8 Å². The molecule has 2 atom stereocenters. The van der Waals surface area contributed by atoms with Gasteiger partial charge in [0.15, 0.2) is 16.6 Å². The van der Waals surface area contributed by atoms with Gasteiger partial charge >= 0.3 is 0 Å². The van der Waals surface area contributed by atoms with Crippen molar-refractivity contribution in [2.45, 2.75) is 91.4 Å². The standard InChI is InChI=1S/C30H54O4Si4/c1-35(2,3)31-23-27(19-25-15-13-17-29(21-25)33-37(7,8)9)28(24-32-36(4,5)6)20-26-16-14-18-30(22-26)34-38(10,11)12/h13-18,21-22,27-28H,19-20,23-24H2,1-12H3. The zero-order valence-corrected chi connectivity index (χ0v) is 30.2. The summed E-state index contributed by atoms with van der Waals surface area (Å²) in [6.07, 6.45) is 1.89. The van der Waals surface area contributed by atoms with E-state index in [1.165, 1.54) is 11.1 Å². The molecule has 38 heavy (non-hydrogen) atoms. The molecular formula is C30H54O4Si4. The summed E-state index contributed by atoms with van der Waals surface area (Å²) in [6.45, 7) is 28.5. The largest absolute Gasteiger partial charge is 0.544 e. The predicted molar refractivity (Wildman–Crippen MR) is 174 cm³/mol. The van der Waals surface area contributed by atoms with Gasteiger partial charge < -0.3 is 17.7 Å². The molecule has 0 aromatic heterocycles.